The summed E-state index contributed by atoms with van der Waals surface area (Å²) in [4.78, 5) is 30.9. The molecule has 2 aliphatic rings. The van der Waals surface area contributed by atoms with Crippen molar-refractivity contribution in [1.29, 1.82) is 0 Å². The van der Waals surface area contributed by atoms with Gasteiger partial charge in [-0.15, -0.1) is 0 Å². The van der Waals surface area contributed by atoms with Crippen LogP contribution in [0.4, 0.5) is 0 Å². The van der Waals surface area contributed by atoms with Gasteiger partial charge in [0, 0.05) is 45.2 Å². The van der Waals surface area contributed by atoms with Gasteiger partial charge in [0.25, 0.3) is 11.8 Å². The molecular weight excluding hydrogens is 258 g/mol. The number of amides is 2. The van der Waals surface area contributed by atoms with E-state index in [0.717, 1.165) is 12.8 Å². The molecule has 0 aromatic carbocycles. The van der Waals surface area contributed by atoms with Crippen molar-refractivity contribution in [3.63, 3.8) is 0 Å². The molecular formula is C14H19N3O3. The van der Waals surface area contributed by atoms with Crippen molar-refractivity contribution < 1.29 is 14.3 Å². The molecule has 2 aliphatic heterocycles. The van der Waals surface area contributed by atoms with E-state index in [1.807, 2.05) is 4.90 Å². The number of H-pyrrole nitrogens is 1. The van der Waals surface area contributed by atoms with Crippen LogP contribution in [-0.2, 0) is 9.53 Å². The fraction of sp³-hybridized carbons (Fsp3) is 0.571. The minimum Gasteiger partial charge on any atom is -0.368 e. The van der Waals surface area contributed by atoms with E-state index >= 15 is 0 Å². The fourth-order valence-electron chi connectivity index (χ4n) is 2.75. The van der Waals surface area contributed by atoms with Crippen LogP contribution >= 0.6 is 0 Å². The Balaban J connectivity index is 1.54. The summed E-state index contributed by atoms with van der Waals surface area (Å²) in [5.41, 5.74) is 0.670. The largest absolute Gasteiger partial charge is 0.368 e. The Kier molecular flexibility index (Phi) is 3.73. The quantitative estimate of drug-likeness (QED) is 0.855. The number of hydrogen-bond donors (Lipinski definition) is 1. The normalized spacial score (nSPS) is 23.1. The number of piperazine rings is 1. The number of nitrogens with one attached hydrogen (secondary N) is 1. The van der Waals surface area contributed by atoms with Crippen LogP contribution in [0.2, 0.25) is 0 Å². The number of hydrogen-bond acceptors (Lipinski definition) is 3. The Hall–Kier alpha value is -1.82. The molecule has 0 aliphatic carbocycles. The Morgan fingerprint density at radius 3 is 2.55 bits per heavy atom. The third-order valence-corrected chi connectivity index (χ3v) is 3.93. The molecule has 1 N–H and O–H groups in total. The Morgan fingerprint density at radius 2 is 1.95 bits per heavy atom. The van der Waals surface area contributed by atoms with Crippen molar-refractivity contribution in [2.75, 3.05) is 32.8 Å². The highest BCUT2D eigenvalue weighted by atomic mass is 16.5. The highest BCUT2D eigenvalue weighted by Crippen LogP contribution is 2.16. The predicted octanol–water partition coefficient (Wildman–Crippen LogP) is 0.478. The van der Waals surface area contributed by atoms with Gasteiger partial charge in [-0.1, -0.05) is 0 Å². The van der Waals surface area contributed by atoms with E-state index < -0.39 is 0 Å². The number of ether oxygens (including phenoxy) is 1. The van der Waals surface area contributed by atoms with E-state index in [1.54, 1.807) is 23.4 Å². The molecule has 6 heteroatoms. The number of nitrogens with zero attached hydrogens (tertiary/aromatic N) is 2. The van der Waals surface area contributed by atoms with Gasteiger partial charge in [0.05, 0.1) is 5.56 Å². The van der Waals surface area contributed by atoms with E-state index in [4.69, 9.17) is 4.74 Å². The van der Waals surface area contributed by atoms with E-state index in [1.165, 1.54) is 0 Å². The number of rotatable bonds is 2. The van der Waals surface area contributed by atoms with Crippen molar-refractivity contribution in [3.8, 4) is 0 Å². The van der Waals surface area contributed by atoms with Gasteiger partial charge in [-0.25, -0.2) is 0 Å². The van der Waals surface area contributed by atoms with Crippen LogP contribution in [0.15, 0.2) is 18.5 Å². The molecule has 0 saturated carbocycles. The first-order chi connectivity index (χ1) is 9.75. The van der Waals surface area contributed by atoms with E-state index in [-0.39, 0.29) is 17.9 Å². The van der Waals surface area contributed by atoms with Gasteiger partial charge in [0.15, 0.2) is 0 Å². The standard InChI is InChI=1S/C14H19N3O3/c18-13(11-3-4-15-10-11)16-5-7-17(8-6-16)14(19)12-2-1-9-20-12/h3-4,10,12,15H,1-2,5-9H2. The number of carbonyl (C=O) groups excluding carboxylic acids is 2. The summed E-state index contributed by atoms with van der Waals surface area (Å²) < 4.78 is 5.43. The van der Waals surface area contributed by atoms with Crippen molar-refractivity contribution in [2.24, 2.45) is 0 Å². The summed E-state index contributed by atoms with van der Waals surface area (Å²) >= 11 is 0. The van der Waals surface area contributed by atoms with Crippen molar-refractivity contribution in [1.82, 2.24) is 14.8 Å². The molecule has 2 fully saturated rings. The zero-order valence-corrected chi connectivity index (χ0v) is 11.4. The van der Waals surface area contributed by atoms with Crippen molar-refractivity contribution in [3.05, 3.63) is 24.0 Å². The minimum atomic E-state index is -0.262. The molecule has 1 atom stereocenters. The molecule has 0 bridgehead atoms. The second-order valence-electron chi connectivity index (χ2n) is 5.22. The van der Waals surface area contributed by atoms with Gasteiger partial charge in [-0.3, -0.25) is 9.59 Å². The molecule has 3 rings (SSSR count). The number of carbonyl (C=O) groups is 2. The zero-order chi connectivity index (χ0) is 13.9. The lowest BCUT2D eigenvalue weighted by Crippen LogP contribution is -2.52. The maximum Gasteiger partial charge on any atom is 0.255 e. The first-order valence-electron chi connectivity index (χ1n) is 7.08. The molecule has 20 heavy (non-hydrogen) atoms. The van der Waals surface area contributed by atoms with Crippen LogP contribution in [-0.4, -0.2) is 65.5 Å². The van der Waals surface area contributed by atoms with Gasteiger partial charge < -0.3 is 19.5 Å². The minimum absolute atomic E-state index is 0.0236. The summed E-state index contributed by atoms with van der Waals surface area (Å²) in [6, 6.07) is 1.77. The zero-order valence-electron chi connectivity index (χ0n) is 11.4. The molecule has 2 saturated heterocycles. The average molecular weight is 277 g/mol. The molecule has 1 aromatic heterocycles. The van der Waals surface area contributed by atoms with Gasteiger partial charge in [-0.2, -0.15) is 0 Å². The smallest absolute Gasteiger partial charge is 0.255 e. The highest BCUT2D eigenvalue weighted by Gasteiger charge is 2.31. The number of aromatic nitrogens is 1. The Morgan fingerprint density at radius 1 is 1.20 bits per heavy atom. The highest BCUT2D eigenvalue weighted by molar-refractivity contribution is 5.94. The lowest BCUT2D eigenvalue weighted by atomic mass is 10.2. The first kappa shape index (κ1) is 13.2. The third-order valence-electron chi connectivity index (χ3n) is 3.93. The first-order valence-corrected chi connectivity index (χ1v) is 7.08. The average Bonchev–Trinajstić information content (AvgIpc) is 3.18. The van der Waals surface area contributed by atoms with Crippen LogP contribution in [0.1, 0.15) is 23.2 Å². The Labute approximate surface area is 117 Å². The van der Waals surface area contributed by atoms with Gasteiger partial charge in [-0.05, 0) is 18.9 Å². The van der Waals surface area contributed by atoms with Gasteiger partial charge in [0.1, 0.15) is 6.10 Å². The number of aromatic amines is 1. The van der Waals surface area contributed by atoms with Crippen LogP contribution in [0.5, 0.6) is 0 Å². The SMILES string of the molecule is O=C(c1cc[nH]c1)N1CCN(C(=O)C2CCCO2)CC1. The fourth-order valence-corrected chi connectivity index (χ4v) is 2.75. The van der Waals surface area contributed by atoms with Crippen molar-refractivity contribution >= 4 is 11.8 Å². The molecule has 108 valence electrons. The van der Waals surface area contributed by atoms with E-state index in [0.29, 0.717) is 38.3 Å². The van der Waals surface area contributed by atoms with E-state index in [2.05, 4.69) is 4.98 Å². The van der Waals surface area contributed by atoms with Gasteiger partial charge >= 0.3 is 0 Å². The molecule has 1 aromatic rings. The monoisotopic (exact) mass is 277 g/mol. The maximum absolute atomic E-state index is 12.2. The third kappa shape index (κ3) is 2.56. The van der Waals surface area contributed by atoms with Crippen LogP contribution in [0, 0.1) is 0 Å². The molecule has 0 spiro atoms. The van der Waals surface area contributed by atoms with E-state index in [9.17, 15) is 9.59 Å². The molecule has 0 radical (unpaired) electrons. The molecule has 1 unspecified atom stereocenters. The van der Waals surface area contributed by atoms with Gasteiger partial charge in [0.2, 0.25) is 0 Å². The lowest BCUT2D eigenvalue weighted by molar-refractivity contribution is -0.142. The van der Waals surface area contributed by atoms with Crippen molar-refractivity contribution in [2.45, 2.75) is 18.9 Å². The second-order valence-corrected chi connectivity index (χ2v) is 5.22. The summed E-state index contributed by atoms with van der Waals surface area (Å²) in [7, 11) is 0. The molecule has 3 heterocycles. The maximum atomic E-state index is 12.2. The van der Waals surface area contributed by atoms with Crippen LogP contribution < -0.4 is 0 Å². The van der Waals surface area contributed by atoms with Crippen LogP contribution in [0.25, 0.3) is 0 Å². The topological polar surface area (TPSA) is 65.6 Å². The summed E-state index contributed by atoms with van der Waals surface area (Å²) in [5, 5.41) is 0. The second kappa shape index (κ2) is 5.66. The van der Waals surface area contributed by atoms with Crippen LogP contribution in [0.3, 0.4) is 0 Å². The summed E-state index contributed by atoms with van der Waals surface area (Å²) in [6.07, 6.45) is 4.96. The lowest BCUT2D eigenvalue weighted by Gasteiger charge is -2.35. The summed E-state index contributed by atoms with van der Waals surface area (Å²) in [5.74, 6) is 0.103. The molecule has 2 amide bonds. The predicted molar refractivity (Wildman–Crippen MR) is 72.3 cm³/mol. The Bertz CT molecular complexity index is 472. The summed E-state index contributed by atoms with van der Waals surface area (Å²) in [6.45, 7) is 3.04. The molecule has 6 nitrogen and oxygen atoms in total.